The maximum absolute atomic E-state index is 11.3. The fourth-order valence-electron chi connectivity index (χ4n) is 2.28. The Balaban J connectivity index is 2.26. The summed E-state index contributed by atoms with van der Waals surface area (Å²) in [6, 6.07) is 4.66. The van der Waals surface area contributed by atoms with Crippen molar-refractivity contribution < 1.29 is 13.5 Å². The van der Waals surface area contributed by atoms with Gasteiger partial charge in [-0.3, -0.25) is 0 Å². The summed E-state index contributed by atoms with van der Waals surface area (Å²) in [5.41, 5.74) is 6.66. The lowest BCUT2D eigenvalue weighted by Crippen LogP contribution is -2.42. The van der Waals surface area contributed by atoms with E-state index in [9.17, 15) is 13.5 Å². The third-order valence-electron chi connectivity index (χ3n) is 3.58. The van der Waals surface area contributed by atoms with Crippen LogP contribution >= 0.6 is 0 Å². The maximum atomic E-state index is 11.3. The normalized spacial score (nSPS) is 24.5. The molecule has 6 nitrogen and oxygen atoms in total. The third-order valence-corrected chi connectivity index (χ3v) is 4.57. The second-order valence-electron chi connectivity index (χ2n) is 5.05. The van der Waals surface area contributed by atoms with Gasteiger partial charge < -0.3 is 15.7 Å². The SMILES string of the molecule is CC1CCN(c2ccc(S(N)(=O)=O)c(N)c2)CC1O. The molecule has 0 saturated carbocycles. The molecule has 0 radical (unpaired) electrons. The number of nitrogen functional groups attached to an aromatic ring is 1. The Bertz CT molecular complexity index is 574. The first-order valence-electron chi connectivity index (χ1n) is 6.14. The number of anilines is 2. The van der Waals surface area contributed by atoms with Crippen LogP contribution in [0.1, 0.15) is 13.3 Å². The van der Waals surface area contributed by atoms with Crippen LogP contribution in [0, 0.1) is 5.92 Å². The number of aliphatic hydroxyl groups is 1. The van der Waals surface area contributed by atoms with Crippen LogP contribution in [0.15, 0.2) is 23.1 Å². The topological polar surface area (TPSA) is 110 Å². The highest BCUT2D eigenvalue weighted by Crippen LogP contribution is 2.27. The fourth-order valence-corrected chi connectivity index (χ4v) is 2.92. The Labute approximate surface area is 113 Å². The van der Waals surface area contributed by atoms with Crippen LogP contribution < -0.4 is 15.8 Å². The van der Waals surface area contributed by atoms with Crippen molar-refractivity contribution in [3.05, 3.63) is 18.2 Å². The maximum Gasteiger partial charge on any atom is 0.240 e. The van der Waals surface area contributed by atoms with Gasteiger partial charge in [0.05, 0.1) is 11.8 Å². The standard InChI is InChI=1S/C12H19N3O3S/c1-8-4-5-15(7-11(8)16)9-2-3-12(10(13)6-9)19(14,17)18/h2-3,6,8,11,16H,4-5,7,13H2,1H3,(H2,14,17,18). The van der Waals surface area contributed by atoms with Gasteiger partial charge in [0.15, 0.2) is 0 Å². The number of hydrogen-bond donors (Lipinski definition) is 3. The first-order chi connectivity index (χ1) is 8.79. The molecule has 0 bridgehead atoms. The number of piperidine rings is 1. The molecule has 19 heavy (non-hydrogen) atoms. The summed E-state index contributed by atoms with van der Waals surface area (Å²) in [6.45, 7) is 3.35. The Hall–Kier alpha value is -1.31. The van der Waals surface area contributed by atoms with E-state index in [1.807, 2.05) is 11.8 Å². The molecule has 1 fully saturated rings. The van der Waals surface area contributed by atoms with Crippen molar-refractivity contribution in [2.75, 3.05) is 23.7 Å². The van der Waals surface area contributed by atoms with E-state index in [-0.39, 0.29) is 22.6 Å². The third kappa shape index (κ3) is 2.99. The van der Waals surface area contributed by atoms with Crippen LogP contribution in [0.2, 0.25) is 0 Å². The molecule has 0 aromatic heterocycles. The van der Waals surface area contributed by atoms with E-state index in [4.69, 9.17) is 10.9 Å². The summed E-state index contributed by atoms with van der Waals surface area (Å²) in [5.74, 6) is 0.275. The van der Waals surface area contributed by atoms with Gasteiger partial charge in [0.1, 0.15) is 4.90 Å². The van der Waals surface area contributed by atoms with Crippen molar-refractivity contribution in [1.29, 1.82) is 0 Å². The van der Waals surface area contributed by atoms with Gasteiger partial charge in [0.2, 0.25) is 10.0 Å². The quantitative estimate of drug-likeness (QED) is 0.669. The molecule has 2 atom stereocenters. The monoisotopic (exact) mass is 285 g/mol. The average Bonchev–Trinajstić information content (AvgIpc) is 2.31. The molecule has 1 heterocycles. The lowest BCUT2D eigenvalue weighted by Gasteiger charge is -2.36. The molecule has 2 rings (SSSR count). The van der Waals surface area contributed by atoms with Crippen molar-refractivity contribution in [2.24, 2.45) is 11.1 Å². The summed E-state index contributed by atoms with van der Waals surface area (Å²) in [6.07, 6.45) is 0.505. The smallest absolute Gasteiger partial charge is 0.240 e. The van der Waals surface area contributed by atoms with Gasteiger partial charge in [0, 0.05) is 18.8 Å². The molecule has 1 saturated heterocycles. The van der Waals surface area contributed by atoms with E-state index in [0.717, 1.165) is 18.7 Å². The zero-order valence-corrected chi connectivity index (χ0v) is 11.6. The van der Waals surface area contributed by atoms with Crippen LogP contribution in [0.4, 0.5) is 11.4 Å². The van der Waals surface area contributed by atoms with E-state index in [0.29, 0.717) is 6.54 Å². The molecule has 106 valence electrons. The zero-order valence-electron chi connectivity index (χ0n) is 10.8. The van der Waals surface area contributed by atoms with Crippen LogP contribution in [0.3, 0.4) is 0 Å². The van der Waals surface area contributed by atoms with Crippen molar-refractivity contribution in [3.8, 4) is 0 Å². The molecular weight excluding hydrogens is 266 g/mol. The fraction of sp³-hybridized carbons (Fsp3) is 0.500. The van der Waals surface area contributed by atoms with Crippen LogP contribution in [0.5, 0.6) is 0 Å². The molecule has 1 aliphatic heterocycles. The summed E-state index contributed by atoms with van der Waals surface area (Å²) in [4.78, 5) is 1.93. The van der Waals surface area contributed by atoms with E-state index in [2.05, 4.69) is 0 Å². The Kier molecular flexibility index (Phi) is 3.71. The van der Waals surface area contributed by atoms with Gasteiger partial charge in [-0.25, -0.2) is 13.6 Å². The molecule has 0 aliphatic carbocycles. The van der Waals surface area contributed by atoms with Crippen LogP contribution in [-0.4, -0.2) is 32.7 Å². The molecular formula is C12H19N3O3S. The van der Waals surface area contributed by atoms with Crippen molar-refractivity contribution in [3.63, 3.8) is 0 Å². The lowest BCUT2D eigenvalue weighted by molar-refractivity contribution is 0.103. The predicted molar refractivity (Wildman–Crippen MR) is 74.2 cm³/mol. The second kappa shape index (κ2) is 4.99. The highest BCUT2D eigenvalue weighted by atomic mass is 32.2. The van der Waals surface area contributed by atoms with Gasteiger partial charge in [-0.15, -0.1) is 0 Å². The minimum atomic E-state index is -3.79. The van der Waals surface area contributed by atoms with Gasteiger partial charge in [-0.1, -0.05) is 6.92 Å². The molecule has 1 aromatic carbocycles. The van der Waals surface area contributed by atoms with E-state index in [1.54, 1.807) is 12.1 Å². The lowest BCUT2D eigenvalue weighted by atomic mass is 9.95. The van der Waals surface area contributed by atoms with E-state index in [1.165, 1.54) is 6.07 Å². The summed E-state index contributed by atoms with van der Waals surface area (Å²) in [5, 5.41) is 14.9. The summed E-state index contributed by atoms with van der Waals surface area (Å²) in [7, 11) is -3.79. The Morgan fingerprint density at radius 3 is 2.63 bits per heavy atom. The molecule has 5 N–H and O–H groups in total. The number of rotatable bonds is 2. The first kappa shape index (κ1) is 14.1. The number of hydrogen-bond acceptors (Lipinski definition) is 5. The first-order valence-corrected chi connectivity index (χ1v) is 7.69. The predicted octanol–water partition coefficient (Wildman–Crippen LogP) is 0.123. The van der Waals surface area contributed by atoms with Gasteiger partial charge in [0.25, 0.3) is 0 Å². The minimum Gasteiger partial charge on any atom is -0.398 e. The number of β-amino-alcohol motifs (C(OH)–C–C–N with tert-alkyl or cyclic N) is 1. The number of primary sulfonamides is 1. The zero-order chi connectivity index (χ0) is 14.2. The molecule has 1 aromatic rings. The summed E-state index contributed by atoms with van der Waals surface area (Å²) >= 11 is 0. The van der Waals surface area contributed by atoms with Crippen molar-refractivity contribution in [2.45, 2.75) is 24.3 Å². The second-order valence-corrected chi connectivity index (χ2v) is 6.58. The molecule has 0 spiro atoms. The average molecular weight is 285 g/mol. The van der Waals surface area contributed by atoms with Gasteiger partial charge >= 0.3 is 0 Å². The molecule has 2 unspecified atom stereocenters. The molecule has 1 aliphatic rings. The highest BCUT2D eigenvalue weighted by Gasteiger charge is 2.25. The van der Waals surface area contributed by atoms with Crippen molar-refractivity contribution in [1.82, 2.24) is 0 Å². The molecule has 7 heteroatoms. The number of sulfonamides is 1. The number of nitrogens with zero attached hydrogens (tertiary/aromatic N) is 1. The van der Waals surface area contributed by atoms with E-state index < -0.39 is 10.0 Å². The van der Waals surface area contributed by atoms with Gasteiger partial charge in [-0.05, 0) is 30.5 Å². The van der Waals surface area contributed by atoms with Crippen molar-refractivity contribution >= 4 is 21.4 Å². The summed E-state index contributed by atoms with van der Waals surface area (Å²) < 4.78 is 22.6. The highest BCUT2D eigenvalue weighted by molar-refractivity contribution is 7.89. The number of benzene rings is 1. The minimum absolute atomic E-state index is 0.0674. The molecule has 0 amide bonds. The van der Waals surface area contributed by atoms with Crippen LogP contribution in [-0.2, 0) is 10.0 Å². The van der Waals surface area contributed by atoms with Gasteiger partial charge in [-0.2, -0.15) is 0 Å². The Morgan fingerprint density at radius 1 is 1.42 bits per heavy atom. The largest absolute Gasteiger partial charge is 0.398 e. The van der Waals surface area contributed by atoms with E-state index >= 15 is 0 Å². The van der Waals surface area contributed by atoms with Crippen LogP contribution in [0.25, 0.3) is 0 Å². The Morgan fingerprint density at radius 2 is 2.11 bits per heavy atom. The number of nitrogens with two attached hydrogens (primary N) is 2. The number of aliphatic hydroxyl groups excluding tert-OH is 1.